The van der Waals surface area contributed by atoms with E-state index in [4.69, 9.17) is 9.47 Å². The molecule has 1 saturated heterocycles. The van der Waals surface area contributed by atoms with E-state index in [0.29, 0.717) is 20.8 Å². The van der Waals surface area contributed by atoms with E-state index in [1.54, 1.807) is 6.07 Å². The number of halogens is 1. The SMILES string of the molecule is COc1cc(C(=O)N2CC(OC)CC2C(=O)O)sc1Br. The van der Waals surface area contributed by atoms with Gasteiger partial charge in [-0.1, -0.05) is 0 Å². The number of thiophene rings is 1. The Balaban J connectivity index is 2.24. The fourth-order valence-corrected chi connectivity index (χ4v) is 3.77. The molecule has 1 fully saturated rings. The van der Waals surface area contributed by atoms with E-state index in [9.17, 15) is 14.7 Å². The molecule has 0 bridgehead atoms. The Bertz CT molecular complexity index is 532. The maximum Gasteiger partial charge on any atom is 0.326 e. The van der Waals surface area contributed by atoms with Gasteiger partial charge in [0.1, 0.15) is 15.6 Å². The number of likely N-dealkylation sites (tertiary alicyclic amines) is 1. The minimum absolute atomic E-state index is 0.245. The summed E-state index contributed by atoms with van der Waals surface area (Å²) in [6.07, 6.45) is 0.0618. The highest BCUT2D eigenvalue weighted by Crippen LogP contribution is 2.36. The molecule has 2 unspecified atom stereocenters. The van der Waals surface area contributed by atoms with Crippen LogP contribution in [-0.2, 0) is 9.53 Å². The Kier molecular flexibility index (Phi) is 4.66. The highest BCUT2D eigenvalue weighted by atomic mass is 79.9. The molecule has 1 aliphatic heterocycles. The monoisotopic (exact) mass is 363 g/mol. The van der Waals surface area contributed by atoms with Gasteiger partial charge >= 0.3 is 5.97 Å². The van der Waals surface area contributed by atoms with Crippen molar-refractivity contribution in [3.63, 3.8) is 0 Å². The minimum atomic E-state index is -1.01. The van der Waals surface area contributed by atoms with Gasteiger partial charge in [-0.3, -0.25) is 4.79 Å². The molecule has 0 aliphatic carbocycles. The molecule has 0 saturated carbocycles. The summed E-state index contributed by atoms with van der Waals surface area (Å²) in [6, 6.07) is 0.759. The molecule has 1 amide bonds. The first kappa shape index (κ1) is 15.3. The molecule has 2 atom stereocenters. The second kappa shape index (κ2) is 6.11. The lowest BCUT2D eigenvalue weighted by Crippen LogP contribution is -2.40. The molecular weight excluding hydrogens is 350 g/mol. The van der Waals surface area contributed by atoms with E-state index < -0.39 is 12.0 Å². The number of rotatable bonds is 4. The highest BCUT2D eigenvalue weighted by molar-refractivity contribution is 9.11. The van der Waals surface area contributed by atoms with Gasteiger partial charge in [-0.05, 0) is 15.9 Å². The van der Waals surface area contributed by atoms with Crippen molar-refractivity contribution in [1.29, 1.82) is 0 Å². The molecule has 0 radical (unpaired) electrons. The fraction of sp³-hybridized carbons (Fsp3) is 0.500. The summed E-state index contributed by atoms with van der Waals surface area (Å²) >= 11 is 4.53. The van der Waals surface area contributed by atoms with E-state index in [0.717, 1.165) is 0 Å². The summed E-state index contributed by atoms with van der Waals surface area (Å²) < 4.78 is 11.0. The third kappa shape index (κ3) is 2.82. The summed E-state index contributed by atoms with van der Waals surface area (Å²) in [5, 5.41) is 9.22. The van der Waals surface area contributed by atoms with Crippen LogP contribution in [-0.4, -0.2) is 54.8 Å². The van der Waals surface area contributed by atoms with E-state index in [1.807, 2.05) is 0 Å². The maximum absolute atomic E-state index is 12.4. The normalized spacial score (nSPS) is 22.1. The number of aliphatic carboxylic acids is 1. The van der Waals surface area contributed by atoms with Gasteiger partial charge in [-0.15, -0.1) is 11.3 Å². The zero-order valence-corrected chi connectivity index (χ0v) is 13.4. The summed E-state index contributed by atoms with van der Waals surface area (Å²) in [7, 11) is 3.03. The van der Waals surface area contributed by atoms with Crippen molar-refractivity contribution in [2.45, 2.75) is 18.6 Å². The van der Waals surface area contributed by atoms with Crippen LogP contribution in [0.5, 0.6) is 5.75 Å². The molecule has 1 aromatic heterocycles. The lowest BCUT2D eigenvalue weighted by Gasteiger charge is -2.20. The van der Waals surface area contributed by atoms with E-state index in [2.05, 4.69) is 15.9 Å². The number of methoxy groups -OCH3 is 2. The average Bonchev–Trinajstić information content (AvgIpc) is 3.01. The quantitative estimate of drug-likeness (QED) is 0.882. The zero-order valence-electron chi connectivity index (χ0n) is 11.0. The van der Waals surface area contributed by atoms with Gasteiger partial charge in [0.05, 0.1) is 18.1 Å². The number of hydrogen-bond acceptors (Lipinski definition) is 5. The van der Waals surface area contributed by atoms with Gasteiger partial charge in [-0.2, -0.15) is 0 Å². The smallest absolute Gasteiger partial charge is 0.326 e. The number of amides is 1. The first-order valence-electron chi connectivity index (χ1n) is 5.87. The van der Waals surface area contributed by atoms with Crippen LogP contribution in [0.25, 0.3) is 0 Å². The van der Waals surface area contributed by atoms with Crippen LogP contribution < -0.4 is 4.74 Å². The molecular formula is C12H14BrNO5S. The van der Waals surface area contributed by atoms with Gasteiger partial charge < -0.3 is 19.5 Å². The van der Waals surface area contributed by atoms with Crippen molar-refractivity contribution < 1.29 is 24.2 Å². The Morgan fingerprint density at radius 2 is 2.20 bits per heavy atom. The molecule has 2 rings (SSSR count). The van der Waals surface area contributed by atoms with Crippen LogP contribution >= 0.6 is 27.3 Å². The van der Waals surface area contributed by atoms with Gasteiger partial charge in [0, 0.05) is 26.1 Å². The predicted molar refractivity (Wildman–Crippen MR) is 76.4 cm³/mol. The van der Waals surface area contributed by atoms with Crippen LogP contribution in [0.3, 0.4) is 0 Å². The second-order valence-electron chi connectivity index (χ2n) is 4.36. The average molecular weight is 364 g/mol. The Morgan fingerprint density at radius 3 is 2.70 bits per heavy atom. The topological polar surface area (TPSA) is 76.1 Å². The molecule has 2 heterocycles. The number of carboxylic acid groups (broad SMARTS) is 1. The van der Waals surface area contributed by atoms with Gasteiger partial charge in [0.25, 0.3) is 5.91 Å². The standard InChI is InChI=1S/C12H14BrNO5S/c1-18-6-3-7(12(16)17)14(5-6)11(15)9-4-8(19-2)10(13)20-9/h4,6-7H,3,5H2,1-2H3,(H,16,17). The van der Waals surface area contributed by atoms with E-state index in [-0.39, 0.29) is 18.6 Å². The van der Waals surface area contributed by atoms with Crippen molar-refractivity contribution in [1.82, 2.24) is 4.90 Å². The molecule has 0 aromatic carbocycles. The van der Waals surface area contributed by atoms with E-state index in [1.165, 1.54) is 30.5 Å². The van der Waals surface area contributed by atoms with Gasteiger partial charge in [0.15, 0.2) is 0 Å². The van der Waals surface area contributed by atoms with Gasteiger partial charge in [0.2, 0.25) is 0 Å². The molecule has 1 aliphatic rings. The number of carbonyl (C=O) groups excluding carboxylic acids is 1. The Hall–Kier alpha value is -1.12. The van der Waals surface area contributed by atoms with Crippen LogP contribution in [0.1, 0.15) is 16.1 Å². The summed E-state index contributed by atoms with van der Waals surface area (Å²) in [5.74, 6) is -0.765. The van der Waals surface area contributed by atoms with E-state index >= 15 is 0 Å². The van der Waals surface area contributed by atoms with Crippen LogP contribution in [0.4, 0.5) is 0 Å². The van der Waals surface area contributed by atoms with Crippen molar-refractivity contribution in [2.75, 3.05) is 20.8 Å². The predicted octanol–water partition coefficient (Wildman–Crippen LogP) is 1.83. The second-order valence-corrected chi connectivity index (χ2v) is 6.73. The molecule has 20 heavy (non-hydrogen) atoms. The highest BCUT2D eigenvalue weighted by Gasteiger charge is 2.40. The van der Waals surface area contributed by atoms with Gasteiger partial charge in [-0.25, -0.2) is 4.79 Å². The Morgan fingerprint density at radius 1 is 1.50 bits per heavy atom. The molecule has 8 heteroatoms. The van der Waals surface area contributed by atoms with Crippen molar-refractivity contribution >= 4 is 39.1 Å². The third-order valence-corrected chi connectivity index (χ3v) is 5.00. The molecule has 1 aromatic rings. The molecule has 6 nitrogen and oxygen atoms in total. The first-order chi connectivity index (χ1) is 9.47. The lowest BCUT2D eigenvalue weighted by atomic mass is 10.2. The molecule has 0 spiro atoms. The maximum atomic E-state index is 12.4. The van der Waals surface area contributed by atoms with Crippen LogP contribution in [0, 0.1) is 0 Å². The summed E-state index contributed by atoms with van der Waals surface area (Å²) in [5.41, 5.74) is 0. The molecule has 1 N–H and O–H groups in total. The van der Waals surface area contributed by atoms with Crippen molar-refractivity contribution in [3.8, 4) is 5.75 Å². The summed E-state index contributed by atoms with van der Waals surface area (Å²) in [6.45, 7) is 0.282. The number of carbonyl (C=O) groups is 2. The third-order valence-electron chi connectivity index (χ3n) is 3.23. The van der Waals surface area contributed by atoms with Crippen molar-refractivity contribution in [2.24, 2.45) is 0 Å². The van der Waals surface area contributed by atoms with Crippen molar-refractivity contribution in [3.05, 3.63) is 14.7 Å². The number of hydrogen-bond donors (Lipinski definition) is 1. The fourth-order valence-electron chi connectivity index (χ4n) is 2.16. The largest absolute Gasteiger partial charge is 0.495 e. The number of nitrogens with zero attached hydrogens (tertiary/aromatic N) is 1. The first-order valence-corrected chi connectivity index (χ1v) is 7.48. The number of carboxylic acids is 1. The molecule has 110 valence electrons. The van der Waals surface area contributed by atoms with Crippen LogP contribution in [0.15, 0.2) is 9.85 Å². The lowest BCUT2D eigenvalue weighted by molar-refractivity contribution is -0.141. The zero-order chi connectivity index (χ0) is 14.9. The Labute approximate surface area is 128 Å². The summed E-state index contributed by atoms with van der Waals surface area (Å²) in [4.78, 5) is 25.5. The number of ether oxygens (including phenoxy) is 2. The van der Waals surface area contributed by atoms with Crippen LogP contribution in [0.2, 0.25) is 0 Å². The minimum Gasteiger partial charge on any atom is -0.495 e.